The molecular formula is C21H32N3O+. The summed E-state index contributed by atoms with van der Waals surface area (Å²) in [5.74, 6) is 1.00. The van der Waals surface area contributed by atoms with E-state index >= 15 is 0 Å². The van der Waals surface area contributed by atoms with E-state index < -0.39 is 0 Å². The number of likely N-dealkylation sites (tertiary alicyclic amines) is 1. The van der Waals surface area contributed by atoms with Gasteiger partial charge in [0.25, 0.3) is 0 Å². The van der Waals surface area contributed by atoms with Gasteiger partial charge in [-0.05, 0) is 36.5 Å². The first-order chi connectivity index (χ1) is 12.2. The number of carbonyl (C=O) groups excluding carboxylic acids is 1. The number of rotatable bonds is 3. The molecule has 1 amide bonds. The second-order valence-corrected chi connectivity index (χ2v) is 8.46. The van der Waals surface area contributed by atoms with Gasteiger partial charge >= 0.3 is 5.91 Å². The molecule has 0 bridgehead atoms. The van der Waals surface area contributed by atoms with Crippen LogP contribution in [0.3, 0.4) is 0 Å². The monoisotopic (exact) mass is 342 g/mol. The lowest BCUT2D eigenvalue weighted by atomic mass is 9.84. The quantitative estimate of drug-likeness (QED) is 0.857. The van der Waals surface area contributed by atoms with Gasteiger partial charge in [0, 0.05) is 26.2 Å². The van der Waals surface area contributed by atoms with Crippen molar-refractivity contribution in [3.8, 4) is 0 Å². The molecule has 0 atom stereocenters. The summed E-state index contributed by atoms with van der Waals surface area (Å²) < 4.78 is 0.567. The normalized spacial score (nSPS) is 31.5. The Kier molecular flexibility index (Phi) is 4.94. The fourth-order valence-electron chi connectivity index (χ4n) is 4.97. The molecule has 0 aromatic heterocycles. The van der Waals surface area contributed by atoms with Crippen molar-refractivity contribution in [1.82, 2.24) is 10.2 Å². The lowest BCUT2D eigenvalue weighted by molar-refractivity contribution is -0.876. The van der Waals surface area contributed by atoms with E-state index in [1.807, 2.05) is 0 Å². The summed E-state index contributed by atoms with van der Waals surface area (Å²) in [5, 5.41) is 3.41. The minimum absolute atomic E-state index is 0.293. The maximum atomic E-state index is 13.0. The van der Waals surface area contributed by atoms with Crippen LogP contribution in [-0.2, 0) is 0 Å². The minimum Gasteiger partial charge on any atom is -0.314 e. The van der Waals surface area contributed by atoms with Crippen molar-refractivity contribution in [2.75, 3.05) is 46.3 Å². The molecule has 4 nitrogen and oxygen atoms in total. The summed E-state index contributed by atoms with van der Waals surface area (Å²) >= 11 is 0. The van der Waals surface area contributed by atoms with Gasteiger partial charge in [-0.2, -0.15) is 0 Å². The molecule has 2 aliphatic heterocycles. The van der Waals surface area contributed by atoms with Crippen molar-refractivity contribution in [3.05, 3.63) is 35.4 Å². The lowest BCUT2D eigenvalue weighted by Crippen LogP contribution is -2.72. The Labute approximate surface area is 151 Å². The molecule has 0 spiro atoms. The molecule has 4 rings (SSSR count). The van der Waals surface area contributed by atoms with E-state index in [1.165, 1.54) is 37.7 Å². The minimum atomic E-state index is 0.293. The first-order valence-electron chi connectivity index (χ1n) is 10.1. The van der Waals surface area contributed by atoms with Crippen LogP contribution in [-0.4, -0.2) is 67.6 Å². The first-order valence-corrected chi connectivity index (χ1v) is 10.1. The van der Waals surface area contributed by atoms with Crippen LogP contribution >= 0.6 is 0 Å². The molecular weight excluding hydrogens is 310 g/mol. The van der Waals surface area contributed by atoms with Crippen LogP contribution in [0.1, 0.15) is 53.9 Å². The smallest absolute Gasteiger partial charge is 0.314 e. The van der Waals surface area contributed by atoms with Gasteiger partial charge in [0.05, 0.1) is 12.6 Å². The van der Waals surface area contributed by atoms with E-state index in [2.05, 4.69) is 41.5 Å². The van der Waals surface area contributed by atoms with Crippen molar-refractivity contribution in [3.63, 3.8) is 0 Å². The molecule has 0 radical (unpaired) electrons. The number of nitrogens with zero attached hydrogens (tertiary/aromatic N) is 2. The Morgan fingerprint density at radius 1 is 1.04 bits per heavy atom. The molecule has 3 fully saturated rings. The van der Waals surface area contributed by atoms with Crippen LogP contribution < -0.4 is 5.32 Å². The molecule has 3 aliphatic rings. The molecule has 1 saturated carbocycles. The Bertz CT molecular complexity index is 594. The van der Waals surface area contributed by atoms with E-state index in [1.54, 1.807) is 0 Å². The highest BCUT2D eigenvalue weighted by Crippen LogP contribution is 2.33. The molecule has 1 aliphatic carbocycles. The zero-order valence-corrected chi connectivity index (χ0v) is 15.5. The SMILES string of the molecule is C[N+]1(C(=O)c2ccc(C3CCCCC3)cc2)CC(N2CCNCC2)C1. The second kappa shape index (κ2) is 7.18. The van der Waals surface area contributed by atoms with Crippen LogP contribution in [0.2, 0.25) is 0 Å². The number of carbonyl (C=O) groups is 1. The number of piperazine rings is 1. The molecule has 2 heterocycles. The standard InChI is InChI=1S/C21H32N3O/c1-24(15-20(16-24)23-13-11-22-12-14-23)21(25)19-9-7-18(8-10-19)17-5-3-2-4-6-17/h7-10,17,20,22H,2-6,11-16H2,1H3/q+1. The number of likely N-dealkylation sites (N-methyl/N-ethyl adjacent to an activating group) is 1. The number of quaternary nitrogens is 1. The average Bonchev–Trinajstić information content (AvgIpc) is 2.66. The van der Waals surface area contributed by atoms with Crippen LogP contribution in [0.25, 0.3) is 0 Å². The number of amides is 1. The second-order valence-electron chi connectivity index (χ2n) is 8.46. The van der Waals surface area contributed by atoms with Crippen molar-refractivity contribution >= 4 is 5.91 Å². The maximum absolute atomic E-state index is 13.0. The van der Waals surface area contributed by atoms with E-state index in [-0.39, 0.29) is 0 Å². The molecule has 1 aromatic rings. The van der Waals surface area contributed by atoms with Gasteiger partial charge in [0.2, 0.25) is 0 Å². The largest absolute Gasteiger partial charge is 0.345 e. The zero-order chi connectivity index (χ0) is 17.3. The maximum Gasteiger partial charge on any atom is 0.345 e. The number of hydrogen-bond donors (Lipinski definition) is 1. The summed E-state index contributed by atoms with van der Waals surface area (Å²) in [4.78, 5) is 15.6. The van der Waals surface area contributed by atoms with Gasteiger partial charge in [0.1, 0.15) is 19.1 Å². The molecule has 0 unspecified atom stereocenters. The summed E-state index contributed by atoms with van der Waals surface area (Å²) in [6, 6.07) is 9.16. The number of hydrogen-bond acceptors (Lipinski definition) is 3. The van der Waals surface area contributed by atoms with Gasteiger partial charge in [-0.1, -0.05) is 31.4 Å². The van der Waals surface area contributed by atoms with Crippen LogP contribution in [0.15, 0.2) is 24.3 Å². The highest BCUT2D eigenvalue weighted by molar-refractivity contribution is 5.89. The Balaban J connectivity index is 1.37. The average molecular weight is 343 g/mol. The van der Waals surface area contributed by atoms with Crippen molar-refractivity contribution in [2.24, 2.45) is 0 Å². The lowest BCUT2D eigenvalue weighted by Gasteiger charge is -2.50. The molecule has 136 valence electrons. The van der Waals surface area contributed by atoms with Crippen molar-refractivity contribution < 1.29 is 9.28 Å². The van der Waals surface area contributed by atoms with Gasteiger partial charge in [-0.15, -0.1) is 0 Å². The van der Waals surface area contributed by atoms with Gasteiger partial charge in [-0.25, -0.2) is 4.79 Å². The first kappa shape index (κ1) is 17.2. The fraction of sp³-hybridized carbons (Fsp3) is 0.667. The Morgan fingerprint density at radius 2 is 1.68 bits per heavy atom. The topological polar surface area (TPSA) is 32.3 Å². The summed E-state index contributed by atoms with van der Waals surface area (Å²) in [6.45, 7) is 6.32. The van der Waals surface area contributed by atoms with Crippen molar-refractivity contribution in [2.45, 2.75) is 44.1 Å². The van der Waals surface area contributed by atoms with Crippen molar-refractivity contribution in [1.29, 1.82) is 0 Å². The molecule has 25 heavy (non-hydrogen) atoms. The van der Waals surface area contributed by atoms with Gasteiger partial charge in [-0.3, -0.25) is 9.38 Å². The Morgan fingerprint density at radius 3 is 2.32 bits per heavy atom. The molecule has 1 N–H and O–H groups in total. The third kappa shape index (κ3) is 3.53. The van der Waals surface area contributed by atoms with E-state index in [0.717, 1.165) is 44.8 Å². The summed E-state index contributed by atoms with van der Waals surface area (Å²) in [6.07, 6.45) is 6.72. The third-order valence-corrected chi connectivity index (χ3v) is 6.62. The molecule has 4 heteroatoms. The zero-order valence-electron chi connectivity index (χ0n) is 15.5. The van der Waals surface area contributed by atoms with Crippen LogP contribution in [0, 0.1) is 0 Å². The van der Waals surface area contributed by atoms with Gasteiger partial charge < -0.3 is 5.32 Å². The molecule has 2 saturated heterocycles. The highest BCUT2D eigenvalue weighted by atomic mass is 16.2. The summed E-state index contributed by atoms with van der Waals surface area (Å²) in [5.41, 5.74) is 2.32. The Hall–Kier alpha value is -1.23. The predicted octanol–water partition coefficient (Wildman–Crippen LogP) is 2.61. The third-order valence-electron chi connectivity index (χ3n) is 6.62. The van der Waals surface area contributed by atoms with E-state index in [9.17, 15) is 4.79 Å². The highest BCUT2D eigenvalue weighted by Gasteiger charge is 2.49. The summed E-state index contributed by atoms with van der Waals surface area (Å²) in [7, 11) is 2.11. The molecule has 1 aromatic carbocycles. The van der Waals surface area contributed by atoms with Gasteiger partial charge in [0.15, 0.2) is 0 Å². The fourth-order valence-corrected chi connectivity index (χ4v) is 4.97. The van der Waals surface area contributed by atoms with E-state index in [4.69, 9.17) is 0 Å². The number of benzene rings is 1. The van der Waals surface area contributed by atoms with Crippen LogP contribution in [0.5, 0.6) is 0 Å². The number of nitrogens with one attached hydrogen (secondary N) is 1. The predicted molar refractivity (Wildman–Crippen MR) is 101 cm³/mol. The van der Waals surface area contributed by atoms with Crippen LogP contribution in [0.4, 0.5) is 0 Å². The van der Waals surface area contributed by atoms with E-state index in [0.29, 0.717) is 22.3 Å².